The fraction of sp³-hybridized carbons (Fsp3) is 0.111. The molecule has 0 saturated carbocycles. The van der Waals surface area contributed by atoms with Crippen molar-refractivity contribution in [2.24, 2.45) is 0 Å². The predicted octanol–water partition coefficient (Wildman–Crippen LogP) is 4.04. The number of hydrogen-bond acceptors (Lipinski definition) is 3. The molecular weight excluding hydrogens is 326 g/mol. The monoisotopic (exact) mass is 341 g/mol. The smallest absolute Gasteiger partial charge is 0.248 e. The number of nitrogens with zero attached hydrogens (tertiary/aromatic N) is 2. The van der Waals surface area contributed by atoms with Crippen LogP contribution in [0.4, 0.5) is 5.69 Å². The average molecular weight is 342 g/mol. The van der Waals surface area contributed by atoms with E-state index < -0.39 is 0 Å². The summed E-state index contributed by atoms with van der Waals surface area (Å²) in [4.78, 5) is 16.3. The van der Waals surface area contributed by atoms with Crippen molar-refractivity contribution in [3.8, 4) is 5.75 Å². The summed E-state index contributed by atoms with van der Waals surface area (Å²) in [5.41, 5.74) is 2.08. The SMILES string of the molecule is CCOc1ccc(NC(=O)C=Cc2c(Cl)nc3ccccn23)cc1. The van der Waals surface area contributed by atoms with Gasteiger partial charge in [-0.1, -0.05) is 17.7 Å². The van der Waals surface area contributed by atoms with Gasteiger partial charge in [0.05, 0.1) is 12.3 Å². The molecule has 2 heterocycles. The second-order valence-corrected chi connectivity index (χ2v) is 5.35. The number of aromatic nitrogens is 2. The number of nitrogens with one attached hydrogen (secondary N) is 1. The molecule has 0 fully saturated rings. The number of carbonyl (C=O) groups excluding carboxylic acids is 1. The maximum atomic E-state index is 12.1. The molecule has 0 atom stereocenters. The Bertz CT molecular complexity index is 885. The highest BCUT2D eigenvalue weighted by Crippen LogP contribution is 2.19. The van der Waals surface area contributed by atoms with Crippen molar-refractivity contribution in [1.29, 1.82) is 0 Å². The second-order valence-electron chi connectivity index (χ2n) is 5.00. The van der Waals surface area contributed by atoms with Crippen LogP contribution in [0.5, 0.6) is 5.75 Å². The fourth-order valence-electron chi connectivity index (χ4n) is 2.27. The second kappa shape index (κ2) is 7.19. The zero-order valence-corrected chi connectivity index (χ0v) is 13.8. The number of ether oxygens (including phenoxy) is 1. The summed E-state index contributed by atoms with van der Waals surface area (Å²) in [5, 5.41) is 3.14. The van der Waals surface area contributed by atoms with E-state index in [4.69, 9.17) is 16.3 Å². The molecule has 122 valence electrons. The molecule has 1 amide bonds. The molecule has 1 N–H and O–H groups in total. The van der Waals surface area contributed by atoms with Gasteiger partial charge in [0, 0.05) is 18.0 Å². The minimum atomic E-state index is -0.249. The highest BCUT2D eigenvalue weighted by Gasteiger charge is 2.07. The van der Waals surface area contributed by atoms with E-state index in [-0.39, 0.29) is 5.91 Å². The molecule has 0 aliphatic carbocycles. The molecular formula is C18H16ClN3O2. The van der Waals surface area contributed by atoms with Gasteiger partial charge in [-0.15, -0.1) is 0 Å². The van der Waals surface area contributed by atoms with Crippen LogP contribution in [0.2, 0.25) is 5.15 Å². The van der Waals surface area contributed by atoms with Gasteiger partial charge in [-0.2, -0.15) is 0 Å². The molecule has 24 heavy (non-hydrogen) atoms. The number of carbonyl (C=O) groups is 1. The van der Waals surface area contributed by atoms with Gasteiger partial charge < -0.3 is 10.1 Å². The Morgan fingerprint density at radius 1 is 1.29 bits per heavy atom. The summed E-state index contributed by atoms with van der Waals surface area (Å²) >= 11 is 6.13. The number of amides is 1. The Morgan fingerprint density at radius 3 is 2.83 bits per heavy atom. The van der Waals surface area contributed by atoms with E-state index in [9.17, 15) is 4.79 Å². The molecule has 2 aromatic heterocycles. The molecule has 0 aliphatic heterocycles. The van der Waals surface area contributed by atoms with Crippen LogP contribution in [0.15, 0.2) is 54.7 Å². The number of fused-ring (bicyclic) bond motifs is 1. The van der Waals surface area contributed by atoms with Crippen LogP contribution in [0.3, 0.4) is 0 Å². The van der Waals surface area contributed by atoms with E-state index in [0.29, 0.717) is 23.1 Å². The predicted molar refractivity (Wildman–Crippen MR) is 95.5 cm³/mol. The third-order valence-corrected chi connectivity index (χ3v) is 3.63. The molecule has 0 saturated heterocycles. The lowest BCUT2D eigenvalue weighted by molar-refractivity contribution is -0.111. The van der Waals surface area contributed by atoms with Crippen molar-refractivity contribution in [2.75, 3.05) is 11.9 Å². The highest BCUT2D eigenvalue weighted by atomic mass is 35.5. The first-order chi connectivity index (χ1) is 11.7. The third-order valence-electron chi connectivity index (χ3n) is 3.35. The van der Waals surface area contributed by atoms with Crippen LogP contribution in [0.25, 0.3) is 11.7 Å². The first kappa shape index (κ1) is 16.1. The van der Waals surface area contributed by atoms with Crippen molar-refractivity contribution >= 4 is 34.9 Å². The lowest BCUT2D eigenvalue weighted by atomic mass is 10.3. The zero-order valence-electron chi connectivity index (χ0n) is 13.1. The van der Waals surface area contributed by atoms with E-state index >= 15 is 0 Å². The Morgan fingerprint density at radius 2 is 2.08 bits per heavy atom. The van der Waals surface area contributed by atoms with Gasteiger partial charge in [0.15, 0.2) is 5.15 Å². The first-order valence-electron chi connectivity index (χ1n) is 7.52. The van der Waals surface area contributed by atoms with Gasteiger partial charge >= 0.3 is 0 Å². The standard InChI is InChI=1S/C18H16ClN3O2/c1-2-24-14-8-6-13(7-9-14)20-17(23)11-10-15-18(19)21-16-5-3-4-12-22(15)16/h3-12H,2H2,1H3,(H,20,23). The van der Waals surface area contributed by atoms with Gasteiger partial charge in [0.1, 0.15) is 11.4 Å². The number of imidazole rings is 1. The number of hydrogen-bond donors (Lipinski definition) is 1. The number of rotatable bonds is 5. The quantitative estimate of drug-likeness (QED) is 0.712. The molecule has 0 spiro atoms. The first-order valence-corrected chi connectivity index (χ1v) is 7.89. The van der Waals surface area contributed by atoms with Crippen molar-refractivity contribution in [3.63, 3.8) is 0 Å². The van der Waals surface area contributed by atoms with E-state index in [1.807, 2.05) is 47.9 Å². The van der Waals surface area contributed by atoms with Gasteiger partial charge in [-0.3, -0.25) is 9.20 Å². The van der Waals surface area contributed by atoms with Crippen LogP contribution >= 0.6 is 11.6 Å². The summed E-state index contributed by atoms with van der Waals surface area (Å²) in [6.45, 7) is 2.53. The largest absolute Gasteiger partial charge is 0.494 e. The third kappa shape index (κ3) is 3.58. The molecule has 0 radical (unpaired) electrons. The van der Waals surface area contributed by atoms with E-state index in [1.165, 1.54) is 6.08 Å². The molecule has 0 bridgehead atoms. The molecule has 3 rings (SSSR count). The summed E-state index contributed by atoms with van der Waals surface area (Å²) in [5.74, 6) is 0.518. The van der Waals surface area contributed by atoms with Crippen molar-refractivity contribution < 1.29 is 9.53 Å². The molecule has 1 aromatic carbocycles. The minimum Gasteiger partial charge on any atom is -0.494 e. The maximum absolute atomic E-state index is 12.1. The minimum absolute atomic E-state index is 0.249. The van der Waals surface area contributed by atoms with Gasteiger partial charge in [0.25, 0.3) is 0 Å². The van der Waals surface area contributed by atoms with Gasteiger partial charge in [0.2, 0.25) is 5.91 Å². The summed E-state index contributed by atoms with van der Waals surface area (Å²) in [6.07, 6.45) is 4.92. The van der Waals surface area contributed by atoms with Crippen LogP contribution in [-0.4, -0.2) is 21.9 Å². The van der Waals surface area contributed by atoms with Crippen LogP contribution in [0, 0.1) is 0 Å². The Hall–Kier alpha value is -2.79. The molecule has 3 aromatic rings. The maximum Gasteiger partial charge on any atom is 0.248 e. The Balaban J connectivity index is 1.71. The lowest BCUT2D eigenvalue weighted by Crippen LogP contribution is -2.07. The summed E-state index contributed by atoms with van der Waals surface area (Å²) < 4.78 is 7.19. The topological polar surface area (TPSA) is 55.6 Å². The van der Waals surface area contributed by atoms with Crippen LogP contribution in [-0.2, 0) is 4.79 Å². The Kier molecular flexibility index (Phi) is 4.82. The normalized spacial score (nSPS) is 11.1. The molecule has 0 aliphatic rings. The number of anilines is 1. The number of pyridine rings is 1. The zero-order chi connectivity index (χ0) is 16.9. The number of benzene rings is 1. The van der Waals surface area contributed by atoms with Gasteiger partial charge in [-0.05, 0) is 49.4 Å². The highest BCUT2D eigenvalue weighted by molar-refractivity contribution is 6.31. The summed E-state index contributed by atoms with van der Waals surface area (Å²) in [7, 11) is 0. The number of halogens is 1. The summed E-state index contributed by atoms with van der Waals surface area (Å²) in [6, 6.07) is 12.8. The van der Waals surface area contributed by atoms with Crippen LogP contribution < -0.4 is 10.1 Å². The van der Waals surface area contributed by atoms with Crippen molar-refractivity contribution in [3.05, 3.63) is 65.6 Å². The van der Waals surface area contributed by atoms with Crippen LogP contribution in [0.1, 0.15) is 12.6 Å². The van der Waals surface area contributed by atoms with Crippen molar-refractivity contribution in [1.82, 2.24) is 9.38 Å². The van der Waals surface area contributed by atoms with E-state index in [0.717, 1.165) is 11.4 Å². The fourth-order valence-corrected chi connectivity index (χ4v) is 2.52. The van der Waals surface area contributed by atoms with Gasteiger partial charge in [-0.25, -0.2) is 4.98 Å². The average Bonchev–Trinajstić information content (AvgIpc) is 2.90. The van der Waals surface area contributed by atoms with E-state index in [1.54, 1.807) is 18.2 Å². The van der Waals surface area contributed by atoms with Crippen molar-refractivity contribution in [2.45, 2.75) is 6.92 Å². The Labute approximate surface area is 144 Å². The molecule has 6 heteroatoms. The molecule has 0 unspecified atom stereocenters. The lowest BCUT2D eigenvalue weighted by Gasteiger charge is -2.05. The molecule has 5 nitrogen and oxygen atoms in total. The van der Waals surface area contributed by atoms with E-state index in [2.05, 4.69) is 10.3 Å².